The Morgan fingerprint density at radius 3 is 1.64 bits per heavy atom. The van der Waals surface area contributed by atoms with E-state index in [1.165, 1.54) is 60.4 Å². The molecule has 0 saturated carbocycles. The maximum Gasteiger partial charge on any atom is 0.0646 e. The Hall–Kier alpha value is -3.57. The standard InChI is InChI=1S/C30H19IN2/c31-33-29-13-7-5-11-24(29)26-19-21(15-17-30(26)33)20-14-16-28-25(18-20)23-10-4-6-12-27(23)32(28)22-8-2-1-3-9-22/h1-19H. The number of para-hydroxylation sites is 3. The van der Waals surface area contributed by atoms with Crippen LogP contribution in [0.3, 0.4) is 0 Å². The van der Waals surface area contributed by atoms with Gasteiger partial charge in [0.15, 0.2) is 0 Å². The molecule has 0 saturated heterocycles. The normalized spacial score (nSPS) is 11.8. The van der Waals surface area contributed by atoms with Crippen LogP contribution in [0.15, 0.2) is 115 Å². The molecule has 7 aromatic rings. The Kier molecular flexibility index (Phi) is 4.15. The summed E-state index contributed by atoms with van der Waals surface area (Å²) < 4.78 is 4.62. The molecule has 2 nitrogen and oxygen atoms in total. The second-order valence-electron chi connectivity index (χ2n) is 8.45. The molecule has 5 aromatic carbocycles. The van der Waals surface area contributed by atoms with Gasteiger partial charge >= 0.3 is 0 Å². The molecule has 0 amide bonds. The van der Waals surface area contributed by atoms with Crippen LogP contribution >= 0.6 is 22.9 Å². The van der Waals surface area contributed by atoms with Gasteiger partial charge in [-0.25, -0.2) is 0 Å². The molecule has 0 aliphatic carbocycles. The van der Waals surface area contributed by atoms with E-state index in [1.807, 2.05) is 0 Å². The molecule has 0 aliphatic rings. The van der Waals surface area contributed by atoms with Crippen molar-refractivity contribution in [2.75, 3.05) is 0 Å². The van der Waals surface area contributed by atoms with Crippen molar-refractivity contribution in [1.82, 2.24) is 7.35 Å². The summed E-state index contributed by atoms with van der Waals surface area (Å²) in [5.41, 5.74) is 8.65. The largest absolute Gasteiger partial charge is 0.309 e. The highest BCUT2D eigenvalue weighted by Crippen LogP contribution is 2.37. The zero-order chi connectivity index (χ0) is 21.9. The number of hydrogen-bond acceptors (Lipinski definition) is 0. The van der Waals surface area contributed by atoms with E-state index >= 15 is 0 Å². The van der Waals surface area contributed by atoms with Gasteiger partial charge in [-0.3, -0.25) is 2.78 Å². The van der Waals surface area contributed by atoms with Crippen LogP contribution in [-0.4, -0.2) is 7.35 Å². The number of fused-ring (bicyclic) bond motifs is 6. The van der Waals surface area contributed by atoms with Crippen LogP contribution < -0.4 is 0 Å². The first kappa shape index (κ1) is 18.9. The van der Waals surface area contributed by atoms with Crippen LogP contribution in [0.4, 0.5) is 0 Å². The zero-order valence-corrected chi connectivity index (χ0v) is 19.9. The summed E-state index contributed by atoms with van der Waals surface area (Å²) in [6.45, 7) is 0. The molecule has 33 heavy (non-hydrogen) atoms. The molecule has 3 heteroatoms. The van der Waals surface area contributed by atoms with Crippen LogP contribution in [-0.2, 0) is 0 Å². The predicted molar refractivity (Wildman–Crippen MR) is 149 cm³/mol. The Balaban J connectivity index is 1.49. The summed E-state index contributed by atoms with van der Waals surface area (Å²) in [5, 5.41) is 5.15. The van der Waals surface area contributed by atoms with Crippen LogP contribution in [0.2, 0.25) is 0 Å². The minimum absolute atomic E-state index is 1.19. The summed E-state index contributed by atoms with van der Waals surface area (Å²) in [7, 11) is 0. The summed E-state index contributed by atoms with van der Waals surface area (Å²) >= 11 is 2.40. The summed E-state index contributed by atoms with van der Waals surface area (Å²) in [5.74, 6) is 0. The van der Waals surface area contributed by atoms with Crippen molar-refractivity contribution in [1.29, 1.82) is 0 Å². The van der Waals surface area contributed by atoms with Crippen LogP contribution in [0, 0.1) is 0 Å². The maximum absolute atomic E-state index is 2.40. The smallest absolute Gasteiger partial charge is 0.0646 e. The van der Waals surface area contributed by atoms with E-state index in [9.17, 15) is 0 Å². The fourth-order valence-electron chi connectivity index (χ4n) is 5.11. The first-order valence-corrected chi connectivity index (χ1v) is 12.0. The van der Waals surface area contributed by atoms with E-state index in [-0.39, 0.29) is 0 Å². The molecule has 0 spiro atoms. The highest BCUT2D eigenvalue weighted by molar-refractivity contribution is 14.1. The van der Waals surface area contributed by atoms with E-state index in [0.29, 0.717) is 0 Å². The second kappa shape index (κ2) is 7.22. The summed E-state index contributed by atoms with van der Waals surface area (Å²) in [6, 6.07) is 41.6. The van der Waals surface area contributed by atoms with Gasteiger partial charge in [0, 0.05) is 27.2 Å². The lowest BCUT2D eigenvalue weighted by atomic mass is 10.0. The molecule has 0 radical (unpaired) electrons. The van der Waals surface area contributed by atoms with Gasteiger partial charge in [-0.2, -0.15) is 0 Å². The average Bonchev–Trinajstić information content (AvgIpc) is 3.36. The Morgan fingerprint density at radius 1 is 0.424 bits per heavy atom. The van der Waals surface area contributed by atoms with E-state index in [0.717, 1.165) is 0 Å². The van der Waals surface area contributed by atoms with E-state index in [4.69, 9.17) is 0 Å². The predicted octanol–water partition coefficient (Wildman–Crippen LogP) is 8.76. The van der Waals surface area contributed by atoms with Crippen LogP contribution in [0.5, 0.6) is 0 Å². The van der Waals surface area contributed by atoms with E-state index < -0.39 is 0 Å². The lowest BCUT2D eigenvalue weighted by Crippen LogP contribution is -1.92. The van der Waals surface area contributed by atoms with E-state index in [1.54, 1.807) is 0 Å². The molecule has 0 atom stereocenters. The Labute approximate surface area is 205 Å². The maximum atomic E-state index is 2.40. The van der Waals surface area contributed by atoms with Gasteiger partial charge in [0.25, 0.3) is 0 Å². The van der Waals surface area contributed by atoms with Crippen molar-refractivity contribution in [3.63, 3.8) is 0 Å². The van der Waals surface area contributed by atoms with Crippen molar-refractivity contribution < 1.29 is 0 Å². The highest BCUT2D eigenvalue weighted by atomic mass is 127. The molecule has 0 N–H and O–H groups in total. The van der Waals surface area contributed by atoms with Gasteiger partial charge in [-0.05, 0) is 59.7 Å². The first-order valence-electron chi connectivity index (χ1n) is 11.1. The zero-order valence-electron chi connectivity index (χ0n) is 17.7. The topological polar surface area (TPSA) is 9.86 Å². The molecule has 0 aliphatic heterocycles. The third kappa shape index (κ3) is 2.79. The molecule has 7 rings (SSSR count). The monoisotopic (exact) mass is 534 g/mol. The number of rotatable bonds is 2. The number of hydrogen-bond donors (Lipinski definition) is 0. The minimum Gasteiger partial charge on any atom is -0.309 e. The SMILES string of the molecule is In1c2ccccc2c2cc(-c3ccc4c(c3)c3ccccc3n4-c3ccccc3)ccc21. The van der Waals surface area contributed by atoms with Crippen molar-refractivity contribution >= 4 is 66.5 Å². The number of halogens is 1. The van der Waals surface area contributed by atoms with Crippen LogP contribution in [0.1, 0.15) is 0 Å². The summed E-state index contributed by atoms with van der Waals surface area (Å²) in [6.07, 6.45) is 0. The number of nitrogens with zero attached hydrogens (tertiary/aromatic N) is 2. The number of aromatic nitrogens is 2. The van der Waals surface area contributed by atoms with E-state index in [2.05, 4.69) is 145 Å². The third-order valence-corrected chi connectivity index (χ3v) is 7.67. The van der Waals surface area contributed by atoms with Gasteiger partial charge in [0.1, 0.15) is 0 Å². The molecule has 2 heterocycles. The third-order valence-electron chi connectivity index (χ3n) is 6.63. The molecular weight excluding hydrogens is 515 g/mol. The lowest BCUT2D eigenvalue weighted by Gasteiger charge is -2.08. The van der Waals surface area contributed by atoms with Gasteiger partial charge < -0.3 is 4.57 Å². The Morgan fingerprint density at radius 2 is 0.909 bits per heavy atom. The fourth-order valence-corrected chi connectivity index (χ4v) is 5.95. The number of benzene rings is 5. The van der Waals surface area contributed by atoms with Gasteiger partial charge in [-0.15, -0.1) is 0 Å². The quantitative estimate of drug-likeness (QED) is 0.196. The summed E-state index contributed by atoms with van der Waals surface area (Å²) in [4.78, 5) is 0. The highest BCUT2D eigenvalue weighted by Gasteiger charge is 2.14. The van der Waals surface area contributed by atoms with Gasteiger partial charge in [0.05, 0.1) is 44.9 Å². The second-order valence-corrected chi connectivity index (χ2v) is 9.41. The molecular formula is C30H19IN2. The van der Waals surface area contributed by atoms with Gasteiger partial charge in [0.2, 0.25) is 0 Å². The average molecular weight is 534 g/mol. The van der Waals surface area contributed by atoms with Gasteiger partial charge in [-0.1, -0.05) is 66.7 Å². The van der Waals surface area contributed by atoms with Crippen molar-refractivity contribution in [2.45, 2.75) is 0 Å². The fraction of sp³-hybridized carbons (Fsp3) is 0. The van der Waals surface area contributed by atoms with Crippen molar-refractivity contribution in [3.05, 3.63) is 115 Å². The molecule has 2 aromatic heterocycles. The van der Waals surface area contributed by atoms with Crippen molar-refractivity contribution in [3.8, 4) is 16.8 Å². The Bertz CT molecular complexity index is 1820. The van der Waals surface area contributed by atoms with Crippen molar-refractivity contribution in [2.24, 2.45) is 0 Å². The molecule has 0 fully saturated rings. The lowest BCUT2D eigenvalue weighted by molar-refractivity contribution is 1.18. The molecule has 0 unspecified atom stereocenters. The molecule has 0 bridgehead atoms. The van der Waals surface area contributed by atoms with Crippen LogP contribution in [0.25, 0.3) is 60.4 Å². The molecule has 156 valence electrons. The minimum atomic E-state index is 1.19. The first-order chi connectivity index (χ1) is 16.3.